The molecule has 1 fully saturated rings. The molecule has 1 aliphatic carbocycles. The molecule has 0 atom stereocenters. The Morgan fingerprint density at radius 3 is 2.74 bits per heavy atom. The number of methoxy groups -OCH3 is 1. The van der Waals surface area contributed by atoms with Gasteiger partial charge in [0.15, 0.2) is 0 Å². The van der Waals surface area contributed by atoms with Crippen molar-refractivity contribution in [2.24, 2.45) is 5.73 Å². The predicted octanol–water partition coefficient (Wildman–Crippen LogP) is 1.35. The first-order chi connectivity index (χ1) is 9.17. The van der Waals surface area contributed by atoms with Crippen LogP contribution >= 0.6 is 0 Å². The van der Waals surface area contributed by atoms with Gasteiger partial charge in [-0.1, -0.05) is 0 Å². The molecule has 0 bridgehead atoms. The summed E-state index contributed by atoms with van der Waals surface area (Å²) in [6, 6.07) is 4.99. The van der Waals surface area contributed by atoms with E-state index in [1.807, 2.05) is 0 Å². The van der Waals surface area contributed by atoms with Gasteiger partial charge in [-0.15, -0.1) is 0 Å². The van der Waals surface area contributed by atoms with Gasteiger partial charge in [-0.05, 0) is 31.4 Å². The Balaban J connectivity index is 2.20. The van der Waals surface area contributed by atoms with E-state index in [0.717, 1.165) is 19.3 Å². The zero-order chi connectivity index (χ0) is 13.8. The maximum absolute atomic E-state index is 12.5. The fourth-order valence-electron chi connectivity index (χ4n) is 2.26. The molecule has 1 aromatic rings. The summed E-state index contributed by atoms with van der Waals surface area (Å²) in [5, 5.41) is 9.92. The number of rotatable bonds is 5. The Kier molecular flexibility index (Phi) is 4.27. The van der Waals surface area contributed by atoms with Gasteiger partial charge in [-0.2, -0.15) is 0 Å². The highest BCUT2D eigenvalue weighted by Crippen LogP contribution is 2.29. The molecule has 1 saturated carbocycles. The van der Waals surface area contributed by atoms with Crippen LogP contribution in [0.2, 0.25) is 0 Å². The molecule has 1 amide bonds. The third-order valence-electron chi connectivity index (χ3n) is 3.58. The predicted molar refractivity (Wildman–Crippen MR) is 72.4 cm³/mol. The summed E-state index contributed by atoms with van der Waals surface area (Å²) in [5.74, 6) is 0.323. The van der Waals surface area contributed by atoms with Gasteiger partial charge in [-0.25, -0.2) is 0 Å². The highest BCUT2D eigenvalue weighted by molar-refractivity contribution is 5.97. The zero-order valence-corrected chi connectivity index (χ0v) is 11.1. The summed E-state index contributed by atoms with van der Waals surface area (Å²) in [6.45, 7) is 0.953. The van der Waals surface area contributed by atoms with E-state index < -0.39 is 0 Å². The lowest BCUT2D eigenvalue weighted by atomic mass is 9.91. The molecule has 19 heavy (non-hydrogen) atoms. The molecule has 5 heteroatoms. The van der Waals surface area contributed by atoms with E-state index in [0.29, 0.717) is 24.4 Å². The van der Waals surface area contributed by atoms with Gasteiger partial charge >= 0.3 is 0 Å². The molecule has 0 radical (unpaired) electrons. The van der Waals surface area contributed by atoms with Gasteiger partial charge in [0, 0.05) is 25.2 Å². The molecule has 1 aliphatic rings. The molecule has 5 nitrogen and oxygen atoms in total. The zero-order valence-electron chi connectivity index (χ0n) is 11.1. The molecule has 2 rings (SSSR count). The lowest BCUT2D eigenvalue weighted by Crippen LogP contribution is -2.46. The van der Waals surface area contributed by atoms with E-state index in [2.05, 4.69) is 0 Å². The van der Waals surface area contributed by atoms with E-state index in [4.69, 9.17) is 10.5 Å². The Hall–Kier alpha value is -1.75. The Labute approximate surface area is 113 Å². The van der Waals surface area contributed by atoms with Crippen LogP contribution in [0.15, 0.2) is 18.2 Å². The van der Waals surface area contributed by atoms with E-state index in [-0.39, 0.29) is 17.7 Å². The van der Waals surface area contributed by atoms with Crippen molar-refractivity contribution in [1.29, 1.82) is 0 Å². The largest absolute Gasteiger partial charge is 0.507 e. The van der Waals surface area contributed by atoms with Gasteiger partial charge in [0.25, 0.3) is 5.91 Å². The number of phenols is 1. The number of hydrogen-bond donors (Lipinski definition) is 2. The third kappa shape index (κ3) is 2.81. The second-order valence-electron chi connectivity index (χ2n) is 4.76. The summed E-state index contributed by atoms with van der Waals surface area (Å²) in [7, 11) is 1.52. The van der Waals surface area contributed by atoms with Crippen molar-refractivity contribution < 1.29 is 14.6 Å². The number of carbonyl (C=O) groups excluding carboxylic acids is 1. The lowest BCUT2D eigenvalue weighted by molar-refractivity contribution is 0.0585. The minimum atomic E-state index is -0.157. The van der Waals surface area contributed by atoms with Gasteiger partial charge < -0.3 is 20.5 Å². The molecule has 104 valence electrons. The van der Waals surface area contributed by atoms with E-state index >= 15 is 0 Å². The highest BCUT2D eigenvalue weighted by atomic mass is 16.5. The van der Waals surface area contributed by atoms with Crippen molar-refractivity contribution in [2.75, 3.05) is 20.2 Å². The minimum Gasteiger partial charge on any atom is -0.507 e. The standard InChI is InChI=1S/C14H20N2O3/c1-19-11-5-6-12(13(17)9-11)14(18)16(8-7-15)10-3-2-4-10/h5-6,9-10,17H,2-4,7-8,15H2,1H3. The summed E-state index contributed by atoms with van der Waals surface area (Å²) in [6.07, 6.45) is 3.18. The summed E-state index contributed by atoms with van der Waals surface area (Å²) in [5.41, 5.74) is 5.88. The molecular formula is C14H20N2O3. The number of amides is 1. The lowest BCUT2D eigenvalue weighted by Gasteiger charge is -2.37. The van der Waals surface area contributed by atoms with Crippen molar-refractivity contribution in [2.45, 2.75) is 25.3 Å². The first-order valence-electron chi connectivity index (χ1n) is 6.55. The Bertz CT molecular complexity index is 458. The van der Waals surface area contributed by atoms with E-state index in [1.165, 1.54) is 13.2 Å². The van der Waals surface area contributed by atoms with Crippen molar-refractivity contribution in [3.63, 3.8) is 0 Å². The molecule has 0 unspecified atom stereocenters. The minimum absolute atomic E-state index is 0.0503. The first-order valence-corrected chi connectivity index (χ1v) is 6.55. The number of nitrogens with zero attached hydrogens (tertiary/aromatic N) is 1. The normalized spacial score (nSPS) is 14.8. The topological polar surface area (TPSA) is 75.8 Å². The van der Waals surface area contributed by atoms with Crippen LogP contribution < -0.4 is 10.5 Å². The van der Waals surface area contributed by atoms with Crippen LogP contribution in [0.4, 0.5) is 0 Å². The van der Waals surface area contributed by atoms with Crippen molar-refractivity contribution >= 4 is 5.91 Å². The maximum atomic E-state index is 12.5. The number of benzene rings is 1. The molecule has 0 aliphatic heterocycles. The van der Waals surface area contributed by atoms with E-state index in [9.17, 15) is 9.90 Å². The van der Waals surface area contributed by atoms with Crippen molar-refractivity contribution in [1.82, 2.24) is 4.90 Å². The number of aromatic hydroxyl groups is 1. The summed E-state index contributed by atoms with van der Waals surface area (Å²) >= 11 is 0. The number of carbonyl (C=O) groups is 1. The van der Waals surface area contributed by atoms with Gasteiger partial charge in [-0.3, -0.25) is 4.79 Å². The van der Waals surface area contributed by atoms with Crippen LogP contribution in [0.25, 0.3) is 0 Å². The smallest absolute Gasteiger partial charge is 0.257 e. The van der Waals surface area contributed by atoms with Crippen LogP contribution in [-0.2, 0) is 0 Å². The second-order valence-corrected chi connectivity index (χ2v) is 4.76. The number of hydrogen-bond acceptors (Lipinski definition) is 4. The van der Waals surface area contributed by atoms with Gasteiger partial charge in [0.2, 0.25) is 0 Å². The van der Waals surface area contributed by atoms with Crippen LogP contribution in [0.1, 0.15) is 29.6 Å². The van der Waals surface area contributed by atoms with E-state index in [1.54, 1.807) is 17.0 Å². The Morgan fingerprint density at radius 2 is 2.26 bits per heavy atom. The van der Waals surface area contributed by atoms with Crippen molar-refractivity contribution in [3.8, 4) is 11.5 Å². The fourth-order valence-corrected chi connectivity index (χ4v) is 2.26. The van der Waals surface area contributed by atoms with Crippen LogP contribution in [0.3, 0.4) is 0 Å². The summed E-state index contributed by atoms with van der Waals surface area (Å²) in [4.78, 5) is 14.2. The highest BCUT2D eigenvalue weighted by Gasteiger charge is 2.29. The quantitative estimate of drug-likeness (QED) is 0.842. The average Bonchev–Trinajstić information content (AvgIpc) is 2.35. The SMILES string of the molecule is COc1ccc(C(=O)N(CCN)C2CCC2)c(O)c1. The van der Waals surface area contributed by atoms with Gasteiger partial charge in [0.05, 0.1) is 12.7 Å². The average molecular weight is 264 g/mol. The number of phenolic OH excluding ortho intramolecular Hbond substituents is 1. The summed E-state index contributed by atoms with van der Waals surface area (Å²) < 4.78 is 5.01. The monoisotopic (exact) mass is 264 g/mol. The third-order valence-corrected chi connectivity index (χ3v) is 3.58. The second kappa shape index (κ2) is 5.93. The van der Waals surface area contributed by atoms with Crippen molar-refractivity contribution in [3.05, 3.63) is 23.8 Å². The molecule has 0 aromatic heterocycles. The van der Waals surface area contributed by atoms with Crippen LogP contribution in [0.5, 0.6) is 11.5 Å². The molecule has 0 saturated heterocycles. The van der Waals surface area contributed by atoms with Crippen LogP contribution in [0, 0.1) is 0 Å². The fraction of sp³-hybridized carbons (Fsp3) is 0.500. The number of nitrogens with two attached hydrogens (primary N) is 1. The molecule has 0 heterocycles. The first kappa shape index (κ1) is 13.7. The van der Waals surface area contributed by atoms with Crippen LogP contribution in [-0.4, -0.2) is 42.2 Å². The Morgan fingerprint density at radius 1 is 1.53 bits per heavy atom. The maximum Gasteiger partial charge on any atom is 0.257 e. The molecule has 3 N–H and O–H groups in total. The molecule has 1 aromatic carbocycles. The molecule has 0 spiro atoms. The van der Waals surface area contributed by atoms with Gasteiger partial charge in [0.1, 0.15) is 11.5 Å². The number of ether oxygens (including phenoxy) is 1. The molecular weight excluding hydrogens is 244 g/mol.